The number of nitrogen functional groups attached to an aromatic ring is 1. The van der Waals surface area contributed by atoms with Crippen LogP contribution in [0.3, 0.4) is 0 Å². The highest BCUT2D eigenvalue weighted by molar-refractivity contribution is 8.13. The molecule has 27 nitrogen and oxygen atoms in total. The van der Waals surface area contributed by atoms with Gasteiger partial charge >= 0.3 is 0 Å². The highest BCUT2D eigenvalue weighted by atomic mass is 32.2. The van der Waals surface area contributed by atoms with Crippen molar-refractivity contribution in [1.82, 2.24) is 48.6 Å². The number of hydrogen-bond acceptors (Lipinski definition) is 21. The molecule has 0 spiro atoms. The fraction of sp³-hybridized carbons (Fsp3) is 0.822. The van der Waals surface area contributed by atoms with Crippen LogP contribution in [0.5, 0.6) is 0 Å². The lowest BCUT2D eigenvalue weighted by Gasteiger charge is -2.35. The number of carbonyl (C=O) groups excluding carboxylic acids is 3. The standard InChI is InChI=1S/C45H82N7O17P3S.3H3N/c1-4-5-6-7-8-9-10-11-12-13-14-15-16-17-18-19-20-21-22-23-24-25-36(54)73-29-28-47-35(53)26-27-48-43(57)40(56)45(2,3)31-66-72(63,64)69-71(61,62)65-30-34-39(68-70(58,59)60)38(55)44(67-34)52-33-51-37-41(46)49-32-50-42(37)52;;;/h32-34,38-40,44,55-56H,4-31H2,1-3H3,(H,47,53)(H,48,57)(H,61,62)(H,63,64)(H2,46,49,50)(H2,58,59,60);3*1H3/t34-,38-,39-,40+,44-;;;/m1.../s1. The number of nitrogens with one attached hydrogen (secondary N) is 2. The number of thioether (sulfide) groups is 1. The van der Waals surface area contributed by atoms with Crippen LogP contribution in [0.4, 0.5) is 5.82 Å². The van der Waals surface area contributed by atoms with E-state index in [2.05, 4.69) is 50.4 Å². The molecule has 0 saturated carbocycles. The first-order chi connectivity index (χ1) is 34.6. The van der Waals surface area contributed by atoms with E-state index < -0.39 is 84.6 Å². The van der Waals surface area contributed by atoms with Crippen molar-refractivity contribution in [3.63, 3.8) is 0 Å². The number of fused-ring (bicyclic) bond motifs is 1. The minimum absolute atomic E-state index is 0. The molecule has 444 valence electrons. The first-order valence-electron chi connectivity index (χ1n) is 25.5. The molecule has 1 aliphatic heterocycles. The van der Waals surface area contributed by atoms with Crippen molar-refractivity contribution in [1.29, 1.82) is 0 Å². The van der Waals surface area contributed by atoms with Crippen molar-refractivity contribution in [2.75, 3.05) is 37.8 Å². The molecule has 1 aliphatic rings. The lowest BCUT2D eigenvalue weighted by Crippen LogP contribution is -2.46. The fourth-order valence-corrected chi connectivity index (χ4v) is 11.5. The zero-order valence-electron chi connectivity index (χ0n) is 45.5. The summed E-state index contributed by atoms with van der Waals surface area (Å²) >= 11 is 1.15. The third-order valence-corrected chi connectivity index (χ3v) is 16.2. The molecule has 3 heterocycles. The van der Waals surface area contributed by atoms with Gasteiger partial charge in [-0.1, -0.05) is 161 Å². The number of quaternary nitrogens is 3. The summed E-state index contributed by atoms with van der Waals surface area (Å²) < 4.78 is 61.3. The molecule has 0 aromatic carbocycles. The van der Waals surface area contributed by atoms with E-state index in [-0.39, 0.29) is 60.1 Å². The van der Waals surface area contributed by atoms with Crippen molar-refractivity contribution >= 4 is 69.1 Å². The molecule has 8 atom stereocenters. The number of aliphatic hydroxyl groups excluding tert-OH is 2. The van der Waals surface area contributed by atoms with Crippen LogP contribution in [-0.2, 0) is 50.7 Å². The predicted octanol–water partition coefficient (Wildman–Crippen LogP) is 6.50. The second-order valence-electron chi connectivity index (χ2n) is 19.0. The summed E-state index contributed by atoms with van der Waals surface area (Å²) in [6.45, 7) is 2.50. The number of anilines is 1. The Bertz CT molecular complexity index is 2110. The van der Waals surface area contributed by atoms with Crippen molar-refractivity contribution in [2.45, 2.75) is 199 Å². The smallest absolute Gasteiger partial charge is 0.274 e. The van der Waals surface area contributed by atoms with Gasteiger partial charge in [0.15, 0.2) is 22.8 Å². The van der Waals surface area contributed by atoms with E-state index in [1.165, 1.54) is 129 Å². The van der Waals surface area contributed by atoms with Crippen LogP contribution in [0.1, 0.15) is 175 Å². The van der Waals surface area contributed by atoms with Crippen LogP contribution < -0.4 is 49.5 Å². The van der Waals surface area contributed by atoms with Gasteiger partial charge in [-0.3, -0.25) is 32.6 Å². The monoisotopic (exact) mass is 1170 g/mol. The summed E-state index contributed by atoms with van der Waals surface area (Å²) in [5, 5.41) is 26.6. The Morgan fingerprint density at radius 2 is 1.30 bits per heavy atom. The lowest BCUT2D eigenvalue weighted by molar-refractivity contribution is -0.247. The number of carbonyl (C=O) groups is 3. The highest BCUT2D eigenvalue weighted by Crippen LogP contribution is 2.56. The minimum Gasteiger partial charge on any atom is -0.756 e. The minimum atomic E-state index is -5.90. The molecule has 2 amide bonds. The molecular weight excluding hydrogens is 1080 g/mol. The number of hydrogen-bond donors (Lipinski definition) is 9. The maximum Gasteiger partial charge on any atom is 0.274 e. The van der Waals surface area contributed by atoms with Gasteiger partial charge in [0.25, 0.3) is 23.5 Å². The Kier molecular flexibility index (Phi) is 36.9. The molecule has 2 aromatic heterocycles. The Morgan fingerprint density at radius 3 is 1.83 bits per heavy atom. The number of nitrogens with two attached hydrogens (primary N) is 1. The van der Waals surface area contributed by atoms with Crippen LogP contribution in [0.15, 0.2) is 12.7 Å². The fourth-order valence-electron chi connectivity index (χ4n) is 8.05. The average molecular weight is 1170 g/mol. The van der Waals surface area contributed by atoms with Gasteiger partial charge in [-0.2, -0.15) is 0 Å². The number of aromatic nitrogens is 4. The summed E-state index contributed by atoms with van der Waals surface area (Å²) in [4.78, 5) is 95.1. The van der Waals surface area contributed by atoms with E-state index in [4.69, 9.17) is 10.5 Å². The summed E-state index contributed by atoms with van der Waals surface area (Å²) in [7, 11) is -17.3. The van der Waals surface area contributed by atoms with Gasteiger partial charge in [0.05, 0.1) is 19.5 Å². The predicted molar refractivity (Wildman–Crippen MR) is 286 cm³/mol. The van der Waals surface area contributed by atoms with E-state index in [0.717, 1.165) is 48.2 Å². The van der Waals surface area contributed by atoms with Gasteiger partial charge in [0, 0.05) is 37.1 Å². The molecule has 0 bridgehead atoms. The van der Waals surface area contributed by atoms with Crippen LogP contribution in [-0.4, -0.2) is 108 Å². The van der Waals surface area contributed by atoms with Gasteiger partial charge in [0.1, 0.15) is 36.3 Å². The third kappa shape index (κ3) is 29.1. The Balaban J connectivity index is 0.0000187. The van der Waals surface area contributed by atoms with E-state index in [1.807, 2.05) is 0 Å². The number of nitrogens with zero attached hydrogens (tertiary/aromatic N) is 4. The molecule has 3 rings (SSSR count). The first kappa shape index (κ1) is 73.4. The summed E-state index contributed by atoms with van der Waals surface area (Å²) in [5.74, 6) is -1.10. The molecule has 76 heavy (non-hydrogen) atoms. The quantitative estimate of drug-likeness (QED) is 0.0253. The summed E-state index contributed by atoms with van der Waals surface area (Å²) in [5.41, 5.74) is 4.14. The number of phosphoric acid groups is 3. The number of phosphoric ester groups is 3. The summed E-state index contributed by atoms with van der Waals surface area (Å²) in [6.07, 6.45) is 20.4. The van der Waals surface area contributed by atoms with Crippen molar-refractivity contribution < 1.29 is 80.5 Å². The largest absolute Gasteiger partial charge is 0.756 e. The van der Waals surface area contributed by atoms with E-state index in [9.17, 15) is 57.9 Å². The van der Waals surface area contributed by atoms with Crippen molar-refractivity contribution in [3.8, 4) is 0 Å². The maximum atomic E-state index is 12.7. The number of ether oxygens (including phenoxy) is 1. The van der Waals surface area contributed by atoms with E-state index in [1.54, 1.807) is 0 Å². The van der Waals surface area contributed by atoms with Crippen molar-refractivity contribution in [3.05, 3.63) is 12.7 Å². The maximum absolute atomic E-state index is 12.7. The molecule has 31 heteroatoms. The highest BCUT2D eigenvalue weighted by Gasteiger charge is 2.48. The second kappa shape index (κ2) is 38.2. The first-order valence-corrected chi connectivity index (χ1v) is 31.0. The molecule has 0 radical (unpaired) electrons. The lowest BCUT2D eigenvalue weighted by atomic mass is 9.87. The number of amides is 2. The third-order valence-electron chi connectivity index (χ3n) is 12.2. The van der Waals surface area contributed by atoms with Crippen molar-refractivity contribution in [2.24, 2.45) is 5.41 Å². The average Bonchev–Trinajstić information content (AvgIpc) is 3.88. The second-order valence-corrected chi connectivity index (χ2v) is 24.3. The zero-order chi connectivity index (χ0) is 53.9. The number of aliphatic hydroxyl groups is 2. The van der Waals surface area contributed by atoms with Gasteiger partial charge in [-0.15, -0.1) is 0 Å². The number of rotatable bonds is 41. The summed E-state index contributed by atoms with van der Waals surface area (Å²) in [6, 6.07) is 0. The zero-order valence-corrected chi connectivity index (χ0v) is 49.0. The van der Waals surface area contributed by atoms with Gasteiger partial charge in [-0.25, -0.2) is 19.3 Å². The van der Waals surface area contributed by atoms with E-state index >= 15 is 0 Å². The molecular formula is C45H91N10O17P3S. The van der Waals surface area contributed by atoms with Crippen LogP contribution >= 0.6 is 35.2 Å². The Morgan fingerprint density at radius 1 is 0.789 bits per heavy atom. The molecule has 0 aliphatic carbocycles. The molecule has 19 N–H and O–H groups in total. The normalized spacial score (nSPS) is 19.3. The van der Waals surface area contributed by atoms with Crippen LogP contribution in [0.2, 0.25) is 0 Å². The van der Waals surface area contributed by atoms with E-state index in [0.29, 0.717) is 12.2 Å². The molecule has 1 fully saturated rings. The SMILES string of the molecule is CCCCCCCCCCCCCCCCCCCCCCCC(=O)SCCNC(=O)CCNC(=O)[C@H](O)C(C)(C)COP(=O)([O-])OP(=O)([O-])OC[C@H]1O[C@@H](n2cnc3c(N)ncnc32)[C@H](O)[C@@H]1OP(=O)([O-])O.[NH4+].[NH4+].[NH4+]. The van der Waals surface area contributed by atoms with Crippen LogP contribution in [0, 0.1) is 5.41 Å². The number of imidazole rings is 1. The molecule has 3 unspecified atom stereocenters. The van der Waals surface area contributed by atoms with Gasteiger partial charge in [-0.05, 0) is 6.42 Å². The van der Waals surface area contributed by atoms with Crippen LogP contribution in [0.25, 0.3) is 11.2 Å². The Labute approximate surface area is 451 Å². The van der Waals surface area contributed by atoms with Gasteiger partial charge < -0.3 is 82.9 Å². The topological polar surface area (TPSA) is 482 Å². The van der Waals surface area contributed by atoms with Gasteiger partial charge in [0.2, 0.25) is 11.8 Å². The molecule has 1 saturated heterocycles. The Hall–Kier alpha value is -2.56. The number of unbranched alkanes of at least 4 members (excludes halogenated alkanes) is 20. The molecule has 2 aromatic rings.